The van der Waals surface area contributed by atoms with Gasteiger partial charge in [-0.25, -0.2) is 9.97 Å². The van der Waals surface area contributed by atoms with E-state index in [1.165, 1.54) is 7.11 Å². The Hall–Kier alpha value is -4.84. The molecule has 1 atom stereocenters. The average Bonchev–Trinajstić information content (AvgIpc) is 3.56. The summed E-state index contributed by atoms with van der Waals surface area (Å²) < 4.78 is 48.4. The Balaban J connectivity index is 1.39. The molecule has 13 heteroatoms. The number of nitrogens with zero attached hydrogens (tertiary/aromatic N) is 5. The normalized spacial score (nSPS) is 14.5. The van der Waals surface area contributed by atoms with E-state index in [1.807, 2.05) is 18.2 Å². The molecule has 4 aromatic heterocycles. The van der Waals surface area contributed by atoms with Crippen LogP contribution in [0.5, 0.6) is 5.88 Å². The van der Waals surface area contributed by atoms with Crippen molar-refractivity contribution in [3.8, 4) is 28.4 Å². The van der Waals surface area contributed by atoms with Gasteiger partial charge in [-0.2, -0.15) is 18.2 Å². The summed E-state index contributed by atoms with van der Waals surface area (Å²) in [5.74, 6) is -0.842. The number of aryl methyl sites for hydroxylation is 1. The number of carbonyl (C=O) groups excluding carboxylic acids is 2. The molecule has 0 radical (unpaired) electrons. The van der Waals surface area contributed by atoms with E-state index in [0.717, 1.165) is 28.4 Å². The molecule has 0 fully saturated rings. The summed E-state index contributed by atoms with van der Waals surface area (Å²) in [6.45, 7) is 0. The summed E-state index contributed by atoms with van der Waals surface area (Å²) in [7, 11) is 3.01. The number of halogens is 4. The Morgan fingerprint density at radius 2 is 1.88 bits per heavy atom. The number of fused-ring (bicyclic) bond motifs is 2. The minimum atomic E-state index is -4.86. The fraction of sp³-hybridized carbons (Fsp3) is 0.200. The summed E-state index contributed by atoms with van der Waals surface area (Å²) in [5.41, 5.74) is 3.44. The predicted octanol–water partition coefficient (Wildman–Crippen LogP) is 6.50. The molecule has 1 aromatic carbocycles. The number of methoxy groups -OCH3 is 1. The van der Waals surface area contributed by atoms with E-state index >= 15 is 0 Å². The lowest BCUT2D eigenvalue weighted by Gasteiger charge is -2.19. The number of anilines is 1. The van der Waals surface area contributed by atoms with E-state index in [-0.39, 0.29) is 12.2 Å². The van der Waals surface area contributed by atoms with Crippen LogP contribution in [0.25, 0.3) is 33.5 Å². The third-order valence-electron chi connectivity index (χ3n) is 7.44. The zero-order valence-electron chi connectivity index (χ0n) is 22.7. The van der Waals surface area contributed by atoms with Crippen LogP contribution in [-0.2, 0) is 19.6 Å². The maximum absolute atomic E-state index is 13.9. The molecular weight excluding hydrogens is 585 g/mol. The van der Waals surface area contributed by atoms with Crippen molar-refractivity contribution in [1.29, 1.82) is 0 Å². The van der Waals surface area contributed by atoms with Crippen LogP contribution in [0, 0.1) is 0 Å². The minimum Gasteiger partial charge on any atom is -0.479 e. The topological polar surface area (TPSA) is 112 Å². The van der Waals surface area contributed by atoms with E-state index in [2.05, 4.69) is 20.3 Å². The molecule has 6 rings (SSSR count). The van der Waals surface area contributed by atoms with E-state index in [0.29, 0.717) is 46.0 Å². The molecule has 218 valence electrons. The van der Waals surface area contributed by atoms with Crippen LogP contribution >= 0.6 is 11.6 Å². The predicted molar refractivity (Wildman–Crippen MR) is 153 cm³/mol. The van der Waals surface area contributed by atoms with Gasteiger partial charge in [0.2, 0.25) is 5.88 Å². The number of aldehydes is 2. The first-order chi connectivity index (χ1) is 20.6. The van der Waals surface area contributed by atoms with Gasteiger partial charge in [-0.15, -0.1) is 0 Å². The number of alkyl halides is 3. The highest BCUT2D eigenvalue weighted by Crippen LogP contribution is 2.44. The van der Waals surface area contributed by atoms with Gasteiger partial charge in [-0.1, -0.05) is 29.8 Å². The number of aromatic nitrogens is 5. The van der Waals surface area contributed by atoms with Gasteiger partial charge in [0.25, 0.3) is 0 Å². The second kappa shape index (κ2) is 10.8. The van der Waals surface area contributed by atoms with Gasteiger partial charge in [0, 0.05) is 41.5 Å². The number of pyridine rings is 2. The van der Waals surface area contributed by atoms with Crippen molar-refractivity contribution in [3.05, 3.63) is 81.9 Å². The molecule has 0 spiro atoms. The monoisotopic (exact) mass is 606 g/mol. The lowest BCUT2D eigenvalue weighted by Crippen LogP contribution is -2.19. The van der Waals surface area contributed by atoms with Gasteiger partial charge in [0.05, 0.1) is 29.6 Å². The van der Waals surface area contributed by atoms with Crippen LogP contribution in [0.3, 0.4) is 0 Å². The van der Waals surface area contributed by atoms with Crippen LogP contribution in [0.1, 0.15) is 50.1 Å². The molecule has 0 bridgehead atoms. The Morgan fingerprint density at radius 1 is 1.07 bits per heavy atom. The highest BCUT2D eigenvalue weighted by molar-refractivity contribution is 6.35. The minimum absolute atomic E-state index is 0.169. The van der Waals surface area contributed by atoms with Crippen LogP contribution < -0.4 is 10.1 Å². The number of rotatable bonds is 7. The fourth-order valence-corrected chi connectivity index (χ4v) is 5.81. The first-order valence-corrected chi connectivity index (χ1v) is 13.5. The largest absolute Gasteiger partial charge is 0.479 e. The summed E-state index contributed by atoms with van der Waals surface area (Å²) in [4.78, 5) is 39.4. The molecule has 0 aliphatic heterocycles. The third-order valence-corrected chi connectivity index (χ3v) is 7.83. The molecule has 1 aliphatic carbocycles. The number of hydrogen-bond donors (Lipinski definition) is 1. The maximum Gasteiger partial charge on any atom is 0.437 e. The van der Waals surface area contributed by atoms with Crippen LogP contribution in [0.2, 0.25) is 5.02 Å². The van der Waals surface area contributed by atoms with Crippen molar-refractivity contribution in [1.82, 2.24) is 24.5 Å². The number of carbonyl (C=O) groups is 2. The van der Waals surface area contributed by atoms with Crippen molar-refractivity contribution >= 4 is 41.0 Å². The number of benzene rings is 1. The zero-order valence-corrected chi connectivity index (χ0v) is 23.5. The number of ether oxygens (including phenoxy) is 1. The van der Waals surface area contributed by atoms with Crippen LogP contribution in [0.15, 0.2) is 48.8 Å². The lowest BCUT2D eigenvalue weighted by atomic mass is 9.98. The summed E-state index contributed by atoms with van der Waals surface area (Å²) in [5, 5.41) is 3.97. The van der Waals surface area contributed by atoms with Gasteiger partial charge in [-0.05, 0) is 42.2 Å². The average molecular weight is 607 g/mol. The number of nitrogens with one attached hydrogen (secondary N) is 1. The maximum atomic E-state index is 13.9. The first-order valence-electron chi connectivity index (χ1n) is 13.1. The molecule has 5 aromatic rings. The van der Waals surface area contributed by atoms with Gasteiger partial charge in [0.15, 0.2) is 29.8 Å². The molecule has 0 saturated heterocycles. The molecule has 0 saturated carbocycles. The van der Waals surface area contributed by atoms with E-state index < -0.39 is 29.4 Å². The van der Waals surface area contributed by atoms with Crippen molar-refractivity contribution in [2.75, 3.05) is 12.4 Å². The van der Waals surface area contributed by atoms with E-state index in [4.69, 9.17) is 21.3 Å². The van der Waals surface area contributed by atoms with Crippen molar-refractivity contribution in [2.24, 2.45) is 7.05 Å². The second-order valence-corrected chi connectivity index (χ2v) is 10.3. The first kappa shape index (κ1) is 28.3. The Kier molecular flexibility index (Phi) is 7.09. The molecular formula is C30H22ClF3N6O3. The van der Waals surface area contributed by atoms with Gasteiger partial charge in [-0.3, -0.25) is 14.6 Å². The molecule has 4 heterocycles. The smallest absolute Gasteiger partial charge is 0.437 e. The quantitative estimate of drug-likeness (QED) is 0.209. The number of hydrogen-bond acceptors (Lipinski definition) is 8. The molecule has 0 amide bonds. The summed E-state index contributed by atoms with van der Waals surface area (Å²) in [6, 6.07) is 10.3. The van der Waals surface area contributed by atoms with Gasteiger partial charge < -0.3 is 14.6 Å². The lowest BCUT2D eigenvalue weighted by molar-refractivity contribution is -0.140. The molecule has 9 nitrogen and oxygen atoms in total. The Labute approximate surface area is 247 Å². The van der Waals surface area contributed by atoms with Crippen molar-refractivity contribution < 1.29 is 27.5 Å². The highest BCUT2D eigenvalue weighted by Gasteiger charge is 2.39. The van der Waals surface area contributed by atoms with E-state index in [9.17, 15) is 22.8 Å². The van der Waals surface area contributed by atoms with Gasteiger partial charge >= 0.3 is 6.18 Å². The highest BCUT2D eigenvalue weighted by atomic mass is 35.5. The Bertz CT molecular complexity index is 1920. The molecule has 1 N–H and O–H groups in total. The second-order valence-electron chi connectivity index (χ2n) is 9.94. The third kappa shape index (κ3) is 4.87. The molecule has 43 heavy (non-hydrogen) atoms. The molecule has 0 unspecified atom stereocenters. The van der Waals surface area contributed by atoms with Crippen LogP contribution in [0.4, 0.5) is 19.0 Å². The zero-order chi connectivity index (χ0) is 30.5. The van der Waals surface area contributed by atoms with Gasteiger partial charge in [0.1, 0.15) is 5.65 Å². The summed E-state index contributed by atoms with van der Waals surface area (Å²) >= 11 is 6.94. The van der Waals surface area contributed by atoms with Crippen molar-refractivity contribution in [2.45, 2.75) is 25.1 Å². The van der Waals surface area contributed by atoms with Crippen molar-refractivity contribution in [3.63, 3.8) is 0 Å². The van der Waals surface area contributed by atoms with E-state index in [1.54, 1.807) is 42.2 Å². The Morgan fingerprint density at radius 3 is 2.60 bits per heavy atom. The standard InChI is InChI=1S/C30H22ClF3N6O3/c1-40-12-15(13-41)16-6-8-22(38-28(16)40)20-10-11-35-25(24(20)31)19-5-3-4-18-17(19)7-9-21(18)37-27-26(30(32,33)34)36-23(14-42)29(39-27)43-2/h3-6,8,10-14,21H,7,9H2,1-2H3,(H,37,39)/t21-/m0/s1. The summed E-state index contributed by atoms with van der Waals surface area (Å²) in [6.07, 6.45) is 0.431. The fourth-order valence-electron chi connectivity index (χ4n) is 5.50. The molecule has 1 aliphatic rings. The van der Waals surface area contributed by atoms with Crippen LogP contribution in [-0.4, -0.2) is 44.2 Å². The SMILES string of the molecule is COc1nc(N[C@H]2CCc3c(-c4nccc(-c5ccc6c(C=O)cn(C)c6n5)c4Cl)cccc32)c(C(F)(F)F)nc1C=O.